The minimum Gasteiger partial charge on any atom is -0.452 e. The van der Waals surface area contributed by atoms with Gasteiger partial charge in [-0.05, 0) is 43.7 Å². The van der Waals surface area contributed by atoms with Crippen LogP contribution in [0.3, 0.4) is 0 Å². The van der Waals surface area contributed by atoms with Crippen molar-refractivity contribution in [3.05, 3.63) is 69.8 Å². The first kappa shape index (κ1) is 22.3. The summed E-state index contributed by atoms with van der Waals surface area (Å²) < 4.78 is 4.97. The average Bonchev–Trinajstić information content (AvgIpc) is 2.71. The maximum atomic E-state index is 12.1. The van der Waals surface area contributed by atoms with Crippen LogP contribution in [0.1, 0.15) is 29.8 Å². The van der Waals surface area contributed by atoms with Crippen LogP contribution >= 0.6 is 0 Å². The van der Waals surface area contributed by atoms with Crippen LogP contribution in [0.4, 0.5) is 16.2 Å². The number of benzene rings is 2. The smallest absolute Gasteiger partial charge is 0.338 e. The third kappa shape index (κ3) is 7.23. The van der Waals surface area contributed by atoms with Crippen molar-refractivity contribution in [3.8, 4) is 0 Å². The number of hydrogen-bond donors (Lipinski definition) is 3. The molecule has 0 atom stereocenters. The number of rotatable bonds is 8. The molecule has 0 spiro atoms. The Hall–Kier alpha value is -3.95. The molecule has 0 fully saturated rings. The standard InChI is InChI=1S/C20H22N4O6/c1-13(2)22-20(27)21-11-14-3-5-15(6-4-14)19(26)30-12-18(25)23-16-7-9-17(10-8-16)24(28)29/h3-10,13H,11-12H2,1-2H3,(H,23,25)(H2,21,22,27). The lowest BCUT2D eigenvalue weighted by atomic mass is 10.1. The number of amides is 3. The Labute approximate surface area is 172 Å². The van der Waals surface area contributed by atoms with Gasteiger partial charge >= 0.3 is 12.0 Å². The number of nitro groups is 1. The van der Waals surface area contributed by atoms with Crippen LogP contribution in [-0.2, 0) is 16.1 Å². The van der Waals surface area contributed by atoms with Crippen LogP contribution < -0.4 is 16.0 Å². The van der Waals surface area contributed by atoms with E-state index >= 15 is 0 Å². The van der Waals surface area contributed by atoms with E-state index < -0.39 is 23.4 Å². The number of anilines is 1. The van der Waals surface area contributed by atoms with E-state index in [9.17, 15) is 24.5 Å². The van der Waals surface area contributed by atoms with E-state index in [4.69, 9.17) is 4.74 Å². The zero-order valence-electron chi connectivity index (χ0n) is 16.5. The van der Waals surface area contributed by atoms with E-state index in [1.165, 1.54) is 36.4 Å². The first-order valence-corrected chi connectivity index (χ1v) is 9.09. The van der Waals surface area contributed by atoms with Crippen LogP contribution in [0.25, 0.3) is 0 Å². The first-order chi connectivity index (χ1) is 14.2. The van der Waals surface area contributed by atoms with Crippen molar-refractivity contribution in [1.29, 1.82) is 0 Å². The molecular weight excluding hydrogens is 392 g/mol. The quantitative estimate of drug-likeness (QED) is 0.345. The minimum atomic E-state index is -0.675. The molecule has 2 aromatic rings. The summed E-state index contributed by atoms with van der Waals surface area (Å²) in [5.41, 5.74) is 1.30. The topological polar surface area (TPSA) is 140 Å². The van der Waals surface area contributed by atoms with Gasteiger partial charge in [-0.2, -0.15) is 0 Å². The van der Waals surface area contributed by atoms with Crippen molar-refractivity contribution in [2.75, 3.05) is 11.9 Å². The molecule has 30 heavy (non-hydrogen) atoms. The largest absolute Gasteiger partial charge is 0.452 e. The second-order valence-corrected chi connectivity index (χ2v) is 6.61. The van der Waals surface area contributed by atoms with Crippen molar-refractivity contribution in [1.82, 2.24) is 10.6 Å². The van der Waals surface area contributed by atoms with Gasteiger partial charge in [-0.25, -0.2) is 9.59 Å². The number of esters is 1. The highest BCUT2D eigenvalue weighted by Gasteiger charge is 2.12. The first-order valence-electron chi connectivity index (χ1n) is 9.09. The number of nitrogens with one attached hydrogen (secondary N) is 3. The zero-order chi connectivity index (χ0) is 22.1. The summed E-state index contributed by atoms with van der Waals surface area (Å²) in [6.45, 7) is 3.50. The second-order valence-electron chi connectivity index (χ2n) is 6.61. The highest BCUT2D eigenvalue weighted by molar-refractivity contribution is 5.95. The van der Waals surface area contributed by atoms with Gasteiger partial charge in [-0.3, -0.25) is 14.9 Å². The van der Waals surface area contributed by atoms with Gasteiger partial charge in [-0.15, -0.1) is 0 Å². The summed E-state index contributed by atoms with van der Waals surface area (Å²) in [5.74, 6) is -1.25. The van der Waals surface area contributed by atoms with Crippen molar-refractivity contribution in [2.45, 2.75) is 26.4 Å². The molecule has 3 N–H and O–H groups in total. The number of carbonyl (C=O) groups excluding carboxylic acids is 3. The minimum absolute atomic E-state index is 0.0275. The molecule has 0 unspecified atom stereocenters. The highest BCUT2D eigenvalue weighted by atomic mass is 16.6. The van der Waals surface area contributed by atoms with Gasteiger partial charge in [0.15, 0.2) is 6.61 Å². The molecule has 0 aliphatic heterocycles. The van der Waals surface area contributed by atoms with Crippen LogP contribution in [-0.4, -0.2) is 35.5 Å². The number of ether oxygens (including phenoxy) is 1. The molecule has 2 rings (SSSR count). The molecule has 0 saturated heterocycles. The molecule has 10 nitrogen and oxygen atoms in total. The molecule has 0 radical (unpaired) electrons. The van der Waals surface area contributed by atoms with Crippen LogP contribution in [0.15, 0.2) is 48.5 Å². The maximum Gasteiger partial charge on any atom is 0.338 e. The van der Waals surface area contributed by atoms with Crippen molar-refractivity contribution in [2.24, 2.45) is 0 Å². The zero-order valence-corrected chi connectivity index (χ0v) is 16.5. The fourth-order valence-corrected chi connectivity index (χ4v) is 2.33. The SMILES string of the molecule is CC(C)NC(=O)NCc1ccc(C(=O)OCC(=O)Nc2ccc([N+](=O)[O-])cc2)cc1. The molecule has 0 saturated carbocycles. The maximum absolute atomic E-state index is 12.1. The summed E-state index contributed by atoms with van der Waals surface area (Å²) in [7, 11) is 0. The number of non-ortho nitro benzene ring substituents is 1. The second kappa shape index (κ2) is 10.6. The highest BCUT2D eigenvalue weighted by Crippen LogP contribution is 2.15. The van der Waals surface area contributed by atoms with Crippen LogP contribution in [0, 0.1) is 10.1 Å². The lowest BCUT2D eigenvalue weighted by Crippen LogP contribution is -2.39. The normalized spacial score (nSPS) is 10.2. The predicted molar refractivity (Wildman–Crippen MR) is 109 cm³/mol. The van der Waals surface area contributed by atoms with E-state index in [-0.39, 0.29) is 23.3 Å². The number of nitrogens with zero attached hydrogens (tertiary/aromatic N) is 1. The van der Waals surface area contributed by atoms with Crippen molar-refractivity contribution in [3.63, 3.8) is 0 Å². The number of urea groups is 1. The summed E-state index contributed by atoms with van der Waals surface area (Å²) >= 11 is 0. The van der Waals surface area contributed by atoms with Gasteiger partial charge in [0, 0.05) is 30.4 Å². The summed E-state index contributed by atoms with van der Waals surface area (Å²) in [6.07, 6.45) is 0. The Balaban J connectivity index is 1.79. The Bertz CT molecular complexity index is 910. The van der Waals surface area contributed by atoms with E-state index in [2.05, 4.69) is 16.0 Å². The molecular formula is C20H22N4O6. The van der Waals surface area contributed by atoms with Crippen molar-refractivity contribution >= 4 is 29.3 Å². The van der Waals surface area contributed by atoms with E-state index in [0.717, 1.165) is 5.56 Å². The van der Waals surface area contributed by atoms with Gasteiger partial charge in [0.05, 0.1) is 10.5 Å². The Morgan fingerprint density at radius 3 is 2.23 bits per heavy atom. The molecule has 0 aromatic heterocycles. The van der Waals surface area contributed by atoms with Crippen LogP contribution in [0.2, 0.25) is 0 Å². The molecule has 0 aliphatic rings. The molecule has 3 amide bonds. The molecule has 158 valence electrons. The fraction of sp³-hybridized carbons (Fsp3) is 0.250. The fourth-order valence-electron chi connectivity index (χ4n) is 2.33. The third-order valence-electron chi connectivity index (χ3n) is 3.76. The Morgan fingerprint density at radius 2 is 1.67 bits per heavy atom. The van der Waals surface area contributed by atoms with E-state index in [1.54, 1.807) is 12.1 Å². The van der Waals surface area contributed by atoms with Gasteiger partial charge in [0.2, 0.25) is 0 Å². The van der Waals surface area contributed by atoms with Gasteiger partial charge in [-0.1, -0.05) is 12.1 Å². The molecule has 0 aliphatic carbocycles. The Morgan fingerprint density at radius 1 is 1.03 bits per heavy atom. The van der Waals surface area contributed by atoms with E-state index in [1.807, 2.05) is 13.8 Å². The summed E-state index contributed by atoms with van der Waals surface area (Å²) in [5, 5.41) is 18.5. The summed E-state index contributed by atoms with van der Waals surface area (Å²) in [6, 6.07) is 11.4. The average molecular weight is 414 g/mol. The Kier molecular flexibility index (Phi) is 7.86. The van der Waals surface area contributed by atoms with Gasteiger partial charge in [0.1, 0.15) is 0 Å². The molecule has 0 bridgehead atoms. The lowest BCUT2D eigenvalue weighted by molar-refractivity contribution is -0.384. The number of hydrogen-bond acceptors (Lipinski definition) is 6. The van der Waals surface area contributed by atoms with Gasteiger partial charge in [0.25, 0.3) is 11.6 Å². The predicted octanol–water partition coefficient (Wildman–Crippen LogP) is 2.60. The molecule has 2 aromatic carbocycles. The summed E-state index contributed by atoms with van der Waals surface area (Å²) in [4.78, 5) is 45.6. The van der Waals surface area contributed by atoms with Crippen molar-refractivity contribution < 1.29 is 24.0 Å². The van der Waals surface area contributed by atoms with Gasteiger partial charge < -0.3 is 20.7 Å². The lowest BCUT2D eigenvalue weighted by Gasteiger charge is -2.10. The third-order valence-corrected chi connectivity index (χ3v) is 3.76. The van der Waals surface area contributed by atoms with Crippen LogP contribution in [0.5, 0.6) is 0 Å². The monoisotopic (exact) mass is 414 g/mol. The molecule has 10 heteroatoms. The molecule has 0 heterocycles. The van der Waals surface area contributed by atoms with E-state index in [0.29, 0.717) is 12.2 Å². The number of carbonyl (C=O) groups is 3. The number of nitro benzene ring substituents is 1.